The molecule has 5 aliphatic heterocycles. The second-order valence-electron chi connectivity index (χ2n) is 21.1. The minimum Gasteiger partial charge on any atom is -0.508 e. The van der Waals surface area contributed by atoms with Crippen LogP contribution in [0.1, 0.15) is 163 Å². The molecule has 5 heterocycles. The number of phenolic OH excluding ortho intramolecular Hbond substituents is 1. The zero-order valence-electron chi connectivity index (χ0n) is 43.0. The Hall–Kier alpha value is -5.25. The van der Waals surface area contributed by atoms with Crippen LogP contribution in [0.4, 0.5) is 4.79 Å². The molecule has 1 saturated heterocycles. The number of carbonyl (C=O) groups excluding carboxylic acids is 3. The molecule has 5 atom stereocenters. The molecule has 0 aliphatic carbocycles. The zero-order valence-corrected chi connectivity index (χ0v) is 43.8. The van der Waals surface area contributed by atoms with Gasteiger partial charge in [-0.3, -0.25) is 9.59 Å². The molecule has 0 unspecified atom stereocenters. The number of fused-ring (bicyclic) bond motifs is 6. The highest BCUT2D eigenvalue weighted by atomic mass is 32.2. The molecule has 2 aromatic rings. The maximum Gasteiger partial charge on any atom is 0.415 e. The van der Waals surface area contributed by atoms with Crippen molar-refractivity contribution < 1.29 is 53.8 Å². The standard InChI is InChI=1S/C56H75N3O11S/c1-34(2)14-9-16-36(5)18-11-21-55(7)47(61)30-40-45(60)28-38-42(49(40)69-55)32-58(51(38)63)23-13-20-44(53(65)66)59-33-43-39(52(59)64)29-46(68-54(67)57-24-26-71-27-25-57)41-31-48(62)56(8,70-50(41)43)22-12-19-37(6)17-10-15-35(3)4/h14-15,18-19,28-29,44,47-48,60-62H,9-13,16-17,20-27,30-33H2,1-8H3,(H,65,66)/b36-18+,37-19+/t44-,47-,48-,55+,56+/m0/s1. The van der Waals surface area contributed by atoms with Crippen LogP contribution in [-0.4, -0.2) is 120 Å². The predicted octanol–water partition coefficient (Wildman–Crippen LogP) is 9.84. The fourth-order valence-electron chi connectivity index (χ4n) is 10.4. The molecular weight excluding hydrogens is 923 g/mol. The lowest BCUT2D eigenvalue weighted by Gasteiger charge is -2.41. The molecule has 2 aromatic carbocycles. The lowest BCUT2D eigenvalue weighted by atomic mass is 9.84. The molecule has 0 radical (unpaired) electrons. The number of carbonyl (C=O) groups is 4. The van der Waals surface area contributed by atoms with Crippen LogP contribution in [0, 0.1) is 0 Å². The molecule has 14 nitrogen and oxygen atoms in total. The number of benzene rings is 2. The molecular formula is C56H75N3O11S. The molecule has 5 aliphatic rings. The molecule has 0 aromatic heterocycles. The summed E-state index contributed by atoms with van der Waals surface area (Å²) in [5.41, 5.74) is 5.51. The minimum atomic E-state index is -1.27. The number of carboxylic acids is 1. The summed E-state index contributed by atoms with van der Waals surface area (Å²) < 4.78 is 19.4. The number of hydrogen-bond donors (Lipinski definition) is 4. The summed E-state index contributed by atoms with van der Waals surface area (Å²) in [5, 5.41) is 44.8. The molecule has 0 saturated carbocycles. The fourth-order valence-corrected chi connectivity index (χ4v) is 11.3. The van der Waals surface area contributed by atoms with Gasteiger partial charge in [-0.05, 0) is 132 Å². The number of rotatable bonds is 19. The molecule has 0 bridgehead atoms. The maximum atomic E-state index is 14.5. The van der Waals surface area contributed by atoms with Gasteiger partial charge in [0.05, 0.1) is 36.4 Å². The van der Waals surface area contributed by atoms with Crippen molar-refractivity contribution in [3.63, 3.8) is 0 Å². The third-order valence-corrected chi connectivity index (χ3v) is 15.9. The van der Waals surface area contributed by atoms with E-state index in [0.717, 1.165) is 37.2 Å². The number of ether oxygens (including phenoxy) is 3. The summed E-state index contributed by atoms with van der Waals surface area (Å²) >= 11 is 1.75. The fraction of sp³-hybridized carbons (Fsp3) is 0.571. The van der Waals surface area contributed by atoms with Gasteiger partial charge in [0.1, 0.15) is 40.2 Å². The summed E-state index contributed by atoms with van der Waals surface area (Å²) in [6.45, 7) is 17.5. The Morgan fingerprint density at radius 3 is 1.86 bits per heavy atom. The predicted molar refractivity (Wildman–Crippen MR) is 276 cm³/mol. The van der Waals surface area contributed by atoms with Crippen molar-refractivity contribution in [3.05, 3.63) is 92.1 Å². The van der Waals surface area contributed by atoms with Gasteiger partial charge in [0.15, 0.2) is 0 Å². The Balaban J connectivity index is 1.06. The largest absolute Gasteiger partial charge is 0.508 e. The smallest absolute Gasteiger partial charge is 0.415 e. The van der Waals surface area contributed by atoms with Gasteiger partial charge in [-0.1, -0.05) is 46.6 Å². The van der Waals surface area contributed by atoms with E-state index in [9.17, 15) is 39.6 Å². The second-order valence-corrected chi connectivity index (χ2v) is 22.4. The average Bonchev–Trinajstić information content (AvgIpc) is 3.80. The summed E-state index contributed by atoms with van der Waals surface area (Å²) in [7, 11) is 0. The molecule has 386 valence electrons. The average molecular weight is 998 g/mol. The Bertz CT molecular complexity index is 2500. The third-order valence-electron chi connectivity index (χ3n) is 15.0. The lowest BCUT2D eigenvalue weighted by molar-refractivity contribution is -0.142. The van der Waals surface area contributed by atoms with Gasteiger partial charge in [0.2, 0.25) is 0 Å². The SMILES string of the molecule is CC(C)=CCC/C(C)=C/CC[C@@]1(C)Oc2c(c(O)cc3c2CN(CCC[C@@H](C(=O)O)N2Cc4c(cc(OC(=O)N5CCSCC5)c5c4O[C@](C)(CC/C=C(\C)CCC=C(C)C)[C@@H](O)C5)C2=O)C3=O)C[C@@H]1O. The normalized spacial score (nSPS) is 23.3. The second kappa shape index (κ2) is 22.7. The summed E-state index contributed by atoms with van der Waals surface area (Å²) in [6.07, 6.45) is 13.0. The van der Waals surface area contributed by atoms with Crippen LogP contribution in [0.5, 0.6) is 23.0 Å². The van der Waals surface area contributed by atoms with Crippen molar-refractivity contribution in [3.8, 4) is 23.0 Å². The first-order valence-corrected chi connectivity index (χ1v) is 26.6. The molecule has 0 spiro atoms. The van der Waals surface area contributed by atoms with Gasteiger partial charge in [-0.15, -0.1) is 0 Å². The van der Waals surface area contributed by atoms with E-state index in [1.165, 1.54) is 39.3 Å². The van der Waals surface area contributed by atoms with Gasteiger partial charge in [0, 0.05) is 66.2 Å². The van der Waals surface area contributed by atoms with Gasteiger partial charge in [-0.25, -0.2) is 9.59 Å². The number of aliphatic carboxylic acids is 1. The van der Waals surface area contributed by atoms with E-state index < -0.39 is 47.4 Å². The van der Waals surface area contributed by atoms with Crippen LogP contribution < -0.4 is 14.2 Å². The van der Waals surface area contributed by atoms with Crippen molar-refractivity contribution in [2.24, 2.45) is 0 Å². The molecule has 15 heteroatoms. The van der Waals surface area contributed by atoms with E-state index in [1.807, 2.05) is 13.8 Å². The van der Waals surface area contributed by atoms with E-state index in [2.05, 4.69) is 65.8 Å². The number of thioether (sulfide) groups is 1. The number of hydrogen-bond acceptors (Lipinski definition) is 11. The van der Waals surface area contributed by atoms with Crippen LogP contribution >= 0.6 is 11.8 Å². The van der Waals surface area contributed by atoms with E-state index in [-0.39, 0.29) is 68.3 Å². The first kappa shape index (κ1) is 53.5. The van der Waals surface area contributed by atoms with Crippen molar-refractivity contribution in [1.82, 2.24) is 14.7 Å². The number of aliphatic hydroxyl groups excluding tert-OH is 2. The first-order valence-electron chi connectivity index (χ1n) is 25.5. The van der Waals surface area contributed by atoms with Crippen LogP contribution in [0.15, 0.2) is 58.7 Å². The van der Waals surface area contributed by atoms with Crippen molar-refractivity contribution >= 4 is 35.6 Å². The van der Waals surface area contributed by atoms with Crippen LogP contribution in [0.2, 0.25) is 0 Å². The summed E-state index contributed by atoms with van der Waals surface area (Å²) in [5.74, 6) is 0.187. The number of phenols is 1. The number of carboxylic acid groups (broad SMARTS) is 1. The van der Waals surface area contributed by atoms with Gasteiger partial charge < -0.3 is 49.3 Å². The van der Waals surface area contributed by atoms with Gasteiger partial charge >= 0.3 is 12.1 Å². The topological polar surface area (TPSA) is 187 Å². The highest BCUT2D eigenvalue weighted by molar-refractivity contribution is 7.99. The van der Waals surface area contributed by atoms with Crippen molar-refractivity contribution in [2.45, 2.75) is 175 Å². The van der Waals surface area contributed by atoms with E-state index in [4.69, 9.17) is 14.2 Å². The molecule has 1 fully saturated rings. The van der Waals surface area contributed by atoms with Crippen molar-refractivity contribution in [2.75, 3.05) is 31.1 Å². The minimum absolute atomic E-state index is 0.0220. The summed E-state index contributed by atoms with van der Waals surface area (Å²) in [4.78, 5) is 59.6. The number of nitrogens with zero attached hydrogens (tertiary/aromatic N) is 3. The van der Waals surface area contributed by atoms with Crippen LogP contribution in [0.25, 0.3) is 0 Å². The third kappa shape index (κ3) is 12.2. The molecule has 7 rings (SSSR count). The monoisotopic (exact) mass is 998 g/mol. The Labute approximate surface area is 423 Å². The molecule has 4 N–H and O–H groups in total. The quantitative estimate of drug-likeness (QED) is 0.0978. The maximum absolute atomic E-state index is 14.5. The molecule has 3 amide bonds. The molecule has 71 heavy (non-hydrogen) atoms. The van der Waals surface area contributed by atoms with Crippen LogP contribution in [-0.2, 0) is 30.7 Å². The van der Waals surface area contributed by atoms with Crippen molar-refractivity contribution in [1.29, 1.82) is 0 Å². The Morgan fingerprint density at radius 2 is 1.30 bits per heavy atom. The van der Waals surface area contributed by atoms with Gasteiger partial charge in [0.25, 0.3) is 11.8 Å². The Morgan fingerprint density at radius 1 is 0.761 bits per heavy atom. The Kier molecular flexibility index (Phi) is 17.1. The highest BCUT2D eigenvalue weighted by Crippen LogP contribution is 2.49. The van der Waals surface area contributed by atoms with E-state index in [0.29, 0.717) is 78.1 Å². The highest BCUT2D eigenvalue weighted by Gasteiger charge is 2.47. The number of allylic oxidation sites excluding steroid dienone is 8. The van der Waals surface area contributed by atoms with E-state index >= 15 is 0 Å². The first-order chi connectivity index (χ1) is 33.7. The van der Waals surface area contributed by atoms with E-state index in [1.54, 1.807) is 21.6 Å². The number of aromatic hydroxyl groups is 1. The summed E-state index contributed by atoms with van der Waals surface area (Å²) in [6, 6.07) is 1.66. The van der Waals surface area contributed by atoms with Gasteiger partial charge in [-0.2, -0.15) is 11.8 Å². The number of amides is 3. The lowest BCUT2D eigenvalue weighted by Crippen LogP contribution is -2.49. The number of aliphatic hydroxyl groups is 2. The van der Waals surface area contributed by atoms with Crippen LogP contribution in [0.3, 0.4) is 0 Å². The zero-order chi connectivity index (χ0) is 51.4.